The first-order valence-electron chi connectivity index (χ1n) is 8.22. The fourth-order valence-corrected chi connectivity index (χ4v) is 2.87. The second-order valence-electron chi connectivity index (χ2n) is 5.93. The van der Waals surface area contributed by atoms with Crippen LogP contribution >= 0.6 is 0 Å². The molecular formula is C18H22N4O. The monoisotopic (exact) mass is 310 g/mol. The zero-order valence-corrected chi connectivity index (χ0v) is 13.2. The molecule has 0 radical (unpaired) electrons. The topological polar surface area (TPSA) is 66.9 Å². The SMILES string of the molecule is O=C(Nc1ccc(NCc2ccccn2)nc1)C1CCCCC1. The molecule has 0 bridgehead atoms. The number of hydrogen-bond donors (Lipinski definition) is 2. The van der Waals surface area contributed by atoms with Crippen molar-refractivity contribution in [3.8, 4) is 0 Å². The molecule has 1 saturated carbocycles. The lowest BCUT2D eigenvalue weighted by molar-refractivity contribution is -0.120. The van der Waals surface area contributed by atoms with Crippen LogP contribution in [0.3, 0.4) is 0 Å². The zero-order chi connectivity index (χ0) is 15.9. The van der Waals surface area contributed by atoms with Crippen LogP contribution in [0, 0.1) is 5.92 Å². The molecule has 2 aromatic heterocycles. The molecule has 2 aromatic rings. The first kappa shape index (κ1) is 15.5. The van der Waals surface area contributed by atoms with Crippen LogP contribution in [0.4, 0.5) is 11.5 Å². The van der Waals surface area contributed by atoms with Crippen molar-refractivity contribution in [2.24, 2.45) is 5.92 Å². The van der Waals surface area contributed by atoms with Crippen molar-refractivity contribution in [2.45, 2.75) is 38.6 Å². The Bertz CT molecular complexity index is 621. The van der Waals surface area contributed by atoms with E-state index in [0.717, 1.165) is 42.9 Å². The van der Waals surface area contributed by atoms with E-state index < -0.39 is 0 Å². The van der Waals surface area contributed by atoms with Gasteiger partial charge in [0.15, 0.2) is 0 Å². The smallest absolute Gasteiger partial charge is 0.227 e. The summed E-state index contributed by atoms with van der Waals surface area (Å²) >= 11 is 0. The molecule has 2 N–H and O–H groups in total. The highest BCUT2D eigenvalue weighted by Crippen LogP contribution is 2.25. The molecule has 1 aliphatic carbocycles. The van der Waals surface area contributed by atoms with Gasteiger partial charge in [-0.1, -0.05) is 25.3 Å². The van der Waals surface area contributed by atoms with Gasteiger partial charge in [-0.05, 0) is 37.1 Å². The van der Waals surface area contributed by atoms with Gasteiger partial charge in [0.2, 0.25) is 5.91 Å². The lowest BCUT2D eigenvalue weighted by Gasteiger charge is -2.20. The second kappa shape index (κ2) is 7.72. The molecule has 3 rings (SSSR count). The molecule has 5 nitrogen and oxygen atoms in total. The number of aromatic nitrogens is 2. The van der Waals surface area contributed by atoms with Crippen molar-refractivity contribution in [3.05, 3.63) is 48.4 Å². The van der Waals surface area contributed by atoms with Crippen LogP contribution in [0.2, 0.25) is 0 Å². The highest BCUT2D eigenvalue weighted by atomic mass is 16.1. The Morgan fingerprint density at radius 3 is 2.65 bits per heavy atom. The highest BCUT2D eigenvalue weighted by Gasteiger charge is 2.20. The van der Waals surface area contributed by atoms with Crippen molar-refractivity contribution >= 4 is 17.4 Å². The lowest BCUT2D eigenvalue weighted by atomic mass is 9.88. The van der Waals surface area contributed by atoms with Crippen LogP contribution in [0.5, 0.6) is 0 Å². The summed E-state index contributed by atoms with van der Waals surface area (Å²) in [5, 5.41) is 6.19. The van der Waals surface area contributed by atoms with E-state index in [-0.39, 0.29) is 11.8 Å². The maximum atomic E-state index is 12.2. The van der Waals surface area contributed by atoms with Gasteiger partial charge in [-0.25, -0.2) is 4.98 Å². The predicted octanol–water partition coefficient (Wildman–Crippen LogP) is 3.61. The molecule has 0 saturated heterocycles. The van der Waals surface area contributed by atoms with Gasteiger partial charge in [-0.3, -0.25) is 9.78 Å². The van der Waals surface area contributed by atoms with Crippen molar-refractivity contribution in [2.75, 3.05) is 10.6 Å². The molecule has 5 heteroatoms. The van der Waals surface area contributed by atoms with E-state index in [1.54, 1.807) is 12.4 Å². The second-order valence-corrected chi connectivity index (χ2v) is 5.93. The third-order valence-electron chi connectivity index (χ3n) is 4.18. The molecule has 1 fully saturated rings. The van der Waals surface area contributed by atoms with Crippen LogP contribution in [-0.4, -0.2) is 15.9 Å². The van der Waals surface area contributed by atoms with Crippen molar-refractivity contribution in [1.82, 2.24) is 9.97 Å². The van der Waals surface area contributed by atoms with Crippen molar-refractivity contribution < 1.29 is 4.79 Å². The maximum absolute atomic E-state index is 12.2. The molecule has 2 heterocycles. The van der Waals surface area contributed by atoms with Crippen molar-refractivity contribution in [1.29, 1.82) is 0 Å². The normalized spacial score (nSPS) is 15.1. The minimum Gasteiger partial charge on any atom is -0.364 e. The van der Waals surface area contributed by atoms with E-state index in [9.17, 15) is 4.79 Å². The number of carbonyl (C=O) groups excluding carboxylic acids is 1. The lowest BCUT2D eigenvalue weighted by Crippen LogP contribution is -2.24. The predicted molar refractivity (Wildman–Crippen MR) is 91.0 cm³/mol. The van der Waals surface area contributed by atoms with E-state index in [0.29, 0.717) is 6.54 Å². The molecule has 120 valence electrons. The van der Waals surface area contributed by atoms with Gasteiger partial charge < -0.3 is 10.6 Å². The van der Waals surface area contributed by atoms with Gasteiger partial charge in [0, 0.05) is 12.1 Å². The van der Waals surface area contributed by atoms with Gasteiger partial charge in [-0.2, -0.15) is 0 Å². The number of hydrogen-bond acceptors (Lipinski definition) is 4. The Balaban J connectivity index is 1.51. The molecule has 23 heavy (non-hydrogen) atoms. The Hall–Kier alpha value is -2.43. The minimum absolute atomic E-state index is 0.126. The standard InChI is InChI=1S/C18H22N4O/c23-18(14-6-2-1-3-7-14)22-16-9-10-17(21-13-16)20-12-15-8-4-5-11-19-15/h4-5,8-11,13-14H,1-3,6-7,12H2,(H,20,21)(H,22,23). The Morgan fingerprint density at radius 1 is 1.09 bits per heavy atom. The summed E-state index contributed by atoms with van der Waals surface area (Å²) in [6.07, 6.45) is 9.04. The average Bonchev–Trinajstić information content (AvgIpc) is 2.63. The molecule has 0 aliphatic heterocycles. The van der Waals surface area contributed by atoms with Crippen LogP contribution < -0.4 is 10.6 Å². The number of rotatable bonds is 5. The number of anilines is 2. The quantitative estimate of drug-likeness (QED) is 0.885. The Kier molecular flexibility index (Phi) is 5.19. The Labute approximate surface area is 136 Å². The number of carbonyl (C=O) groups is 1. The summed E-state index contributed by atoms with van der Waals surface area (Å²) in [6.45, 7) is 0.627. The van der Waals surface area contributed by atoms with E-state index in [1.807, 2.05) is 30.3 Å². The number of nitrogens with zero attached hydrogens (tertiary/aromatic N) is 2. The maximum Gasteiger partial charge on any atom is 0.227 e. The number of pyridine rings is 2. The summed E-state index contributed by atoms with van der Waals surface area (Å²) in [4.78, 5) is 20.8. The van der Waals surface area contributed by atoms with Gasteiger partial charge in [0.1, 0.15) is 5.82 Å². The van der Waals surface area contributed by atoms with Crippen LogP contribution in [0.25, 0.3) is 0 Å². The van der Waals surface area contributed by atoms with Gasteiger partial charge in [0.05, 0.1) is 24.1 Å². The summed E-state index contributed by atoms with van der Waals surface area (Å²) < 4.78 is 0. The fraction of sp³-hybridized carbons (Fsp3) is 0.389. The zero-order valence-electron chi connectivity index (χ0n) is 13.2. The van der Waals surface area contributed by atoms with Crippen LogP contribution in [-0.2, 0) is 11.3 Å². The summed E-state index contributed by atoms with van der Waals surface area (Å²) in [7, 11) is 0. The molecule has 1 amide bonds. The van der Waals surface area contributed by atoms with Crippen molar-refractivity contribution in [3.63, 3.8) is 0 Å². The molecular weight excluding hydrogens is 288 g/mol. The van der Waals surface area contributed by atoms with Gasteiger partial charge in [0.25, 0.3) is 0 Å². The number of amides is 1. The summed E-state index contributed by atoms with van der Waals surface area (Å²) in [5.74, 6) is 1.05. The third kappa shape index (κ3) is 4.52. The van der Waals surface area contributed by atoms with E-state index >= 15 is 0 Å². The van der Waals surface area contributed by atoms with Gasteiger partial charge >= 0.3 is 0 Å². The van der Waals surface area contributed by atoms with E-state index in [1.165, 1.54) is 6.42 Å². The van der Waals surface area contributed by atoms with Crippen LogP contribution in [0.15, 0.2) is 42.7 Å². The molecule has 0 unspecified atom stereocenters. The minimum atomic E-state index is 0.126. The Morgan fingerprint density at radius 2 is 1.96 bits per heavy atom. The first-order valence-corrected chi connectivity index (χ1v) is 8.22. The molecule has 1 aliphatic rings. The summed E-state index contributed by atoms with van der Waals surface area (Å²) in [6, 6.07) is 9.58. The molecule has 0 spiro atoms. The molecule has 0 aromatic carbocycles. The molecule has 0 atom stereocenters. The number of nitrogens with one attached hydrogen (secondary N) is 2. The van der Waals surface area contributed by atoms with E-state index in [4.69, 9.17) is 0 Å². The first-order chi connectivity index (χ1) is 11.3. The fourth-order valence-electron chi connectivity index (χ4n) is 2.87. The van der Waals surface area contributed by atoms with Gasteiger partial charge in [-0.15, -0.1) is 0 Å². The van der Waals surface area contributed by atoms with Crippen LogP contribution in [0.1, 0.15) is 37.8 Å². The summed E-state index contributed by atoms with van der Waals surface area (Å²) in [5.41, 5.74) is 1.72. The van der Waals surface area contributed by atoms with E-state index in [2.05, 4.69) is 20.6 Å². The third-order valence-corrected chi connectivity index (χ3v) is 4.18. The largest absolute Gasteiger partial charge is 0.364 e. The highest BCUT2D eigenvalue weighted by molar-refractivity contribution is 5.92. The average molecular weight is 310 g/mol.